The maximum Gasteiger partial charge on any atom is 0.221 e. The van der Waals surface area contributed by atoms with E-state index in [0.29, 0.717) is 0 Å². The molecule has 1 aromatic rings. The van der Waals surface area contributed by atoms with Crippen molar-refractivity contribution in [1.82, 2.24) is 0 Å². The largest absolute Gasteiger partial charge is 0.349 e. The number of methoxy groups -OCH3 is 2. The Morgan fingerprint density at radius 2 is 1.88 bits per heavy atom. The molecule has 0 aliphatic heterocycles. The van der Waals surface area contributed by atoms with E-state index in [0.717, 1.165) is 12.8 Å². The van der Waals surface area contributed by atoms with Crippen molar-refractivity contribution in [3.05, 3.63) is 48.0 Å². The number of hydrogen-bond donors (Lipinski definition) is 0. The molecular weight excluding hydrogens is 216 g/mol. The minimum Gasteiger partial charge on any atom is -0.349 e. The molecule has 0 spiro atoms. The van der Waals surface area contributed by atoms with Gasteiger partial charge in [0.2, 0.25) is 12.1 Å². The first-order valence-electron chi connectivity index (χ1n) is 5.58. The first-order chi connectivity index (χ1) is 8.27. The minimum atomic E-state index is -0.789. The maximum atomic E-state index is 11.5. The molecule has 1 aromatic carbocycles. The lowest BCUT2D eigenvalue weighted by atomic mass is 10.1. The van der Waals surface area contributed by atoms with E-state index < -0.39 is 6.29 Å². The standard InChI is InChI=1S/C14H18O3/c1-16-14(17-2)13(15)11-7-6-10-12-8-4-3-5-9-12/h3-5,7-9,11,14H,6,10H2,1-2H3/b11-7+. The van der Waals surface area contributed by atoms with Crippen molar-refractivity contribution in [2.24, 2.45) is 0 Å². The zero-order valence-electron chi connectivity index (χ0n) is 10.3. The van der Waals surface area contributed by atoms with Gasteiger partial charge in [0.25, 0.3) is 0 Å². The second-order valence-corrected chi connectivity index (χ2v) is 3.63. The Bertz CT molecular complexity index is 353. The monoisotopic (exact) mass is 234 g/mol. The minimum absolute atomic E-state index is 0.164. The molecular formula is C14H18O3. The number of ketones is 1. The molecule has 0 aromatic heterocycles. The van der Waals surface area contributed by atoms with Crippen molar-refractivity contribution in [2.45, 2.75) is 19.1 Å². The highest BCUT2D eigenvalue weighted by molar-refractivity contribution is 5.92. The molecule has 0 atom stereocenters. The Kier molecular flexibility index (Phi) is 6.22. The van der Waals surface area contributed by atoms with E-state index in [1.54, 1.807) is 0 Å². The number of carbonyl (C=O) groups is 1. The summed E-state index contributed by atoms with van der Waals surface area (Å²) >= 11 is 0. The van der Waals surface area contributed by atoms with E-state index in [1.165, 1.54) is 25.9 Å². The summed E-state index contributed by atoms with van der Waals surface area (Å²) in [4.78, 5) is 11.5. The highest BCUT2D eigenvalue weighted by Gasteiger charge is 2.12. The molecule has 3 heteroatoms. The molecule has 17 heavy (non-hydrogen) atoms. The van der Waals surface area contributed by atoms with Gasteiger partial charge in [-0.15, -0.1) is 0 Å². The molecule has 0 amide bonds. The van der Waals surface area contributed by atoms with Gasteiger partial charge in [-0.3, -0.25) is 4.79 Å². The van der Waals surface area contributed by atoms with E-state index in [1.807, 2.05) is 24.3 Å². The lowest BCUT2D eigenvalue weighted by molar-refractivity contribution is -0.151. The third-order valence-electron chi connectivity index (χ3n) is 2.39. The van der Waals surface area contributed by atoms with Crippen LogP contribution in [0.3, 0.4) is 0 Å². The third-order valence-corrected chi connectivity index (χ3v) is 2.39. The summed E-state index contributed by atoms with van der Waals surface area (Å²) in [5, 5.41) is 0. The molecule has 0 fully saturated rings. The highest BCUT2D eigenvalue weighted by Crippen LogP contribution is 2.03. The molecule has 0 heterocycles. The number of hydrogen-bond acceptors (Lipinski definition) is 3. The van der Waals surface area contributed by atoms with Crippen LogP contribution < -0.4 is 0 Å². The van der Waals surface area contributed by atoms with Gasteiger partial charge in [0.05, 0.1) is 0 Å². The highest BCUT2D eigenvalue weighted by atomic mass is 16.7. The fourth-order valence-electron chi connectivity index (χ4n) is 1.50. The van der Waals surface area contributed by atoms with Crippen molar-refractivity contribution in [3.63, 3.8) is 0 Å². The number of ether oxygens (including phenoxy) is 2. The summed E-state index contributed by atoms with van der Waals surface area (Å²) in [7, 11) is 2.90. The normalized spacial score (nSPS) is 11.2. The van der Waals surface area contributed by atoms with Crippen LogP contribution >= 0.6 is 0 Å². The fraction of sp³-hybridized carbons (Fsp3) is 0.357. The summed E-state index contributed by atoms with van der Waals surface area (Å²) in [6, 6.07) is 10.2. The van der Waals surface area contributed by atoms with Crippen LogP contribution in [-0.2, 0) is 20.7 Å². The molecule has 0 N–H and O–H groups in total. The molecule has 0 saturated carbocycles. The van der Waals surface area contributed by atoms with Crippen LogP contribution in [0.25, 0.3) is 0 Å². The summed E-state index contributed by atoms with van der Waals surface area (Å²) < 4.78 is 9.71. The zero-order chi connectivity index (χ0) is 12.5. The summed E-state index contributed by atoms with van der Waals surface area (Å²) in [5.74, 6) is -0.164. The number of allylic oxidation sites excluding steroid dienone is 1. The van der Waals surface area contributed by atoms with E-state index >= 15 is 0 Å². The van der Waals surface area contributed by atoms with Crippen LogP contribution in [0.15, 0.2) is 42.5 Å². The van der Waals surface area contributed by atoms with E-state index in [-0.39, 0.29) is 5.78 Å². The Balaban J connectivity index is 2.33. The van der Waals surface area contributed by atoms with Gasteiger partial charge in [0.15, 0.2) is 0 Å². The van der Waals surface area contributed by atoms with Crippen LogP contribution in [0, 0.1) is 0 Å². The SMILES string of the molecule is COC(OC)C(=O)/C=C/CCc1ccccc1. The van der Waals surface area contributed by atoms with Gasteiger partial charge in [0, 0.05) is 14.2 Å². The number of rotatable bonds is 7. The van der Waals surface area contributed by atoms with Crippen LogP contribution in [0.1, 0.15) is 12.0 Å². The Morgan fingerprint density at radius 1 is 1.24 bits per heavy atom. The lowest BCUT2D eigenvalue weighted by Crippen LogP contribution is -2.22. The molecule has 1 rings (SSSR count). The number of benzene rings is 1. The van der Waals surface area contributed by atoms with Gasteiger partial charge < -0.3 is 9.47 Å². The zero-order valence-corrected chi connectivity index (χ0v) is 10.3. The van der Waals surface area contributed by atoms with Gasteiger partial charge in [-0.2, -0.15) is 0 Å². The van der Waals surface area contributed by atoms with Crippen LogP contribution in [0.4, 0.5) is 0 Å². The van der Waals surface area contributed by atoms with Gasteiger partial charge in [-0.25, -0.2) is 0 Å². The molecule has 0 radical (unpaired) electrons. The van der Waals surface area contributed by atoms with E-state index in [2.05, 4.69) is 12.1 Å². The lowest BCUT2D eigenvalue weighted by Gasteiger charge is -2.08. The van der Waals surface area contributed by atoms with Crippen molar-refractivity contribution < 1.29 is 14.3 Å². The van der Waals surface area contributed by atoms with Crippen LogP contribution in [0.5, 0.6) is 0 Å². The van der Waals surface area contributed by atoms with Crippen molar-refractivity contribution in [3.8, 4) is 0 Å². The van der Waals surface area contributed by atoms with Crippen LogP contribution in [-0.4, -0.2) is 26.3 Å². The first kappa shape index (κ1) is 13.6. The van der Waals surface area contributed by atoms with Gasteiger partial charge >= 0.3 is 0 Å². The maximum absolute atomic E-state index is 11.5. The second kappa shape index (κ2) is 7.76. The Labute approximate surface area is 102 Å². The quantitative estimate of drug-likeness (QED) is 0.536. The number of aryl methyl sites for hydroxylation is 1. The molecule has 0 unspecified atom stereocenters. The van der Waals surface area contributed by atoms with Crippen LogP contribution in [0.2, 0.25) is 0 Å². The second-order valence-electron chi connectivity index (χ2n) is 3.63. The topological polar surface area (TPSA) is 35.5 Å². The van der Waals surface area contributed by atoms with Gasteiger partial charge in [-0.05, 0) is 24.5 Å². The summed E-state index contributed by atoms with van der Waals surface area (Å²) in [6.45, 7) is 0. The average molecular weight is 234 g/mol. The number of carbonyl (C=O) groups excluding carboxylic acids is 1. The van der Waals surface area contributed by atoms with Gasteiger partial charge in [0.1, 0.15) is 0 Å². The molecule has 0 aliphatic carbocycles. The van der Waals surface area contributed by atoms with Crippen molar-refractivity contribution in [1.29, 1.82) is 0 Å². The smallest absolute Gasteiger partial charge is 0.221 e. The van der Waals surface area contributed by atoms with Crippen molar-refractivity contribution >= 4 is 5.78 Å². The fourth-order valence-corrected chi connectivity index (χ4v) is 1.50. The predicted octanol–water partition coefficient (Wildman–Crippen LogP) is 2.36. The third kappa shape index (κ3) is 4.93. The van der Waals surface area contributed by atoms with E-state index in [4.69, 9.17) is 9.47 Å². The molecule has 3 nitrogen and oxygen atoms in total. The molecule has 0 aliphatic rings. The van der Waals surface area contributed by atoms with Gasteiger partial charge in [-0.1, -0.05) is 36.4 Å². The summed E-state index contributed by atoms with van der Waals surface area (Å²) in [5.41, 5.74) is 1.26. The Hall–Kier alpha value is -1.45. The van der Waals surface area contributed by atoms with E-state index in [9.17, 15) is 4.79 Å². The summed E-state index contributed by atoms with van der Waals surface area (Å²) in [6.07, 6.45) is 4.33. The van der Waals surface area contributed by atoms with Crippen molar-refractivity contribution in [2.75, 3.05) is 14.2 Å². The Morgan fingerprint density at radius 3 is 2.47 bits per heavy atom. The molecule has 0 saturated heterocycles. The predicted molar refractivity (Wildman–Crippen MR) is 66.7 cm³/mol. The molecule has 0 bridgehead atoms. The molecule has 92 valence electrons. The average Bonchev–Trinajstić information content (AvgIpc) is 2.37. The first-order valence-corrected chi connectivity index (χ1v) is 5.58.